The summed E-state index contributed by atoms with van der Waals surface area (Å²) in [5.41, 5.74) is 7.32. The highest BCUT2D eigenvalue weighted by Crippen LogP contribution is 2.20. The second kappa shape index (κ2) is 9.02. The summed E-state index contributed by atoms with van der Waals surface area (Å²) in [6.07, 6.45) is 4.26. The molecule has 0 saturated heterocycles. The molecule has 0 unspecified atom stereocenters. The van der Waals surface area contributed by atoms with Gasteiger partial charge in [0.1, 0.15) is 0 Å². The Morgan fingerprint density at radius 3 is 1.23 bits per heavy atom. The van der Waals surface area contributed by atoms with E-state index in [0.717, 1.165) is 23.0 Å². The van der Waals surface area contributed by atoms with Gasteiger partial charge in [0.25, 0.3) is 0 Å². The molecule has 4 heteroatoms. The molecule has 0 fully saturated rings. The molecule has 0 aromatic heterocycles. The SMILES string of the molecule is SCc1ccc(/C=C/c2ccc(CS)c(CS)c2)cc1CS. The van der Waals surface area contributed by atoms with Gasteiger partial charge in [-0.15, -0.1) is 0 Å². The lowest BCUT2D eigenvalue weighted by Crippen LogP contribution is -1.90. The van der Waals surface area contributed by atoms with Crippen LogP contribution >= 0.6 is 50.5 Å². The van der Waals surface area contributed by atoms with Crippen molar-refractivity contribution in [3.05, 3.63) is 69.8 Å². The number of hydrogen-bond acceptors (Lipinski definition) is 4. The molecule has 0 aliphatic carbocycles. The summed E-state index contributed by atoms with van der Waals surface area (Å²) in [5.74, 6) is 2.96. The minimum Gasteiger partial charge on any atom is -0.175 e. The number of rotatable bonds is 6. The van der Waals surface area contributed by atoms with Crippen molar-refractivity contribution in [2.45, 2.75) is 23.0 Å². The lowest BCUT2D eigenvalue weighted by molar-refractivity contribution is 1.28. The normalized spacial score (nSPS) is 11.3. The molecule has 0 N–H and O–H groups in total. The average molecular weight is 365 g/mol. The zero-order valence-corrected chi connectivity index (χ0v) is 15.8. The Labute approximate surface area is 155 Å². The maximum Gasteiger partial charge on any atom is 0.0157 e. The van der Waals surface area contributed by atoms with E-state index in [2.05, 4.69) is 99.1 Å². The van der Waals surface area contributed by atoms with Crippen molar-refractivity contribution >= 4 is 62.7 Å². The summed E-state index contributed by atoms with van der Waals surface area (Å²) in [6.45, 7) is 0. The molecule has 0 saturated carbocycles. The van der Waals surface area contributed by atoms with Crippen LogP contribution in [0, 0.1) is 0 Å². The van der Waals surface area contributed by atoms with Gasteiger partial charge in [0.2, 0.25) is 0 Å². The van der Waals surface area contributed by atoms with Gasteiger partial charge in [-0.25, -0.2) is 0 Å². The molecule has 0 radical (unpaired) electrons. The number of benzene rings is 2. The Morgan fingerprint density at radius 1 is 0.545 bits per heavy atom. The molecule has 2 aromatic rings. The van der Waals surface area contributed by atoms with Crippen molar-refractivity contribution in [3.8, 4) is 0 Å². The standard InChI is InChI=1S/C18H20S4/c19-9-15-5-3-13(7-17(15)11-21)1-2-14-4-6-16(10-20)18(8-14)12-22/h1-8,19-22H,9-12H2/b2-1+. The van der Waals surface area contributed by atoms with Crippen molar-refractivity contribution < 1.29 is 0 Å². The molecule has 0 atom stereocenters. The third kappa shape index (κ3) is 4.54. The van der Waals surface area contributed by atoms with Crippen molar-refractivity contribution in [1.82, 2.24) is 0 Å². The molecule has 0 amide bonds. The van der Waals surface area contributed by atoms with Gasteiger partial charge in [0.05, 0.1) is 0 Å². The van der Waals surface area contributed by atoms with Gasteiger partial charge in [0, 0.05) is 23.0 Å². The third-order valence-corrected chi connectivity index (χ3v) is 4.97. The van der Waals surface area contributed by atoms with Crippen molar-refractivity contribution in [1.29, 1.82) is 0 Å². The summed E-state index contributed by atoms with van der Waals surface area (Å²) in [7, 11) is 0. The molecule has 0 aliphatic rings. The van der Waals surface area contributed by atoms with E-state index in [-0.39, 0.29) is 0 Å². The summed E-state index contributed by atoms with van der Waals surface area (Å²) >= 11 is 17.5. The van der Waals surface area contributed by atoms with Crippen LogP contribution in [0.2, 0.25) is 0 Å². The summed E-state index contributed by atoms with van der Waals surface area (Å²) in [4.78, 5) is 0. The smallest absolute Gasteiger partial charge is 0.0157 e. The monoisotopic (exact) mass is 364 g/mol. The largest absolute Gasteiger partial charge is 0.175 e. The minimum absolute atomic E-state index is 0.734. The first-order valence-electron chi connectivity index (χ1n) is 7.07. The van der Waals surface area contributed by atoms with Crippen molar-refractivity contribution in [3.63, 3.8) is 0 Å². The molecule has 2 rings (SSSR count). The summed E-state index contributed by atoms with van der Waals surface area (Å²) in [5, 5.41) is 0. The molecule has 116 valence electrons. The van der Waals surface area contributed by atoms with Gasteiger partial charge in [-0.05, 0) is 33.4 Å². The van der Waals surface area contributed by atoms with Crippen LogP contribution in [0.5, 0.6) is 0 Å². The maximum atomic E-state index is 4.39. The Kier molecular flexibility index (Phi) is 7.35. The van der Waals surface area contributed by atoms with Gasteiger partial charge in [-0.2, -0.15) is 50.5 Å². The Bertz CT molecular complexity index is 605. The van der Waals surface area contributed by atoms with Crippen LogP contribution in [0.3, 0.4) is 0 Å². The van der Waals surface area contributed by atoms with Crippen LogP contribution in [-0.4, -0.2) is 0 Å². The first-order chi connectivity index (χ1) is 10.7. The fourth-order valence-electron chi connectivity index (χ4n) is 2.29. The molecule has 0 aliphatic heterocycles. The fraction of sp³-hybridized carbons (Fsp3) is 0.222. The third-order valence-electron chi connectivity index (χ3n) is 3.61. The van der Waals surface area contributed by atoms with E-state index < -0.39 is 0 Å². The number of hydrogen-bond donors (Lipinski definition) is 4. The zero-order chi connectivity index (χ0) is 15.9. The first-order valence-corrected chi connectivity index (χ1v) is 9.60. The predicted molar refractivity (Wildman–Crippen MR) is 113 cm³/mol. The molecule has 0 nitrogen and oxygen atoms in total. The zero-order valence-electron chi connectivity index (χ0n) is 12.2. The van der Waals surface area contributed by atoms with Crippen LogP contribution in [0.4, 0.5) is 0 Å². The van der Waals surface area contributed by atoms with E-state index in [1.165, 1.54) is 33.4 Å². The van der Waals surface area contributed by atoms with Crippen LogP contribution < -0.4 is 0 Å². The van der Waals surface area contributed by atoms with E-state index in [9.17, 15) is 0 Å². The van der Waals surface area contributed by atoms with Gasteiger partial charge in [-0.1, -0.05) is 48.6 Å². The van der Waals surface area contributed by atoms with E-state index in [1.54, 1.807) is 0 Å². The van der Waals surface area contributed by atoms with Gasteiger partial charge in [0.15, 0.2) is 0 Å². The lowest BCUT2D eigenvalue weighted by Gasteiger charge is -2.07. The Balaban J connectivity index is 2.25. The van der Waals surface area contributed by atoms with Crippen molar-refractivity contribution in [2.75, 3.05) is 0 Å². The quantitative estimate of drug-likeness (QED) is 0.373. The molecule has 0 heterocycles. The van der Waals surface area contributed by atoms with E-state index in [0.29, 0.717) is 0 Å². The molecular formula is C18H20S4. The molecule has 2 aromatic carbocycles. The van der Waals surface area contributed by atoms with Crippen LogP contribution in [0.1, 0.15) is 33.4 Å². The predicted octanol–water partition coefficient (Wildman–Crippen LogP) is 5.58. The summed E-state index contributed by atoms with van der Waals surface area (Å²) < 4.78 is 0. The van der Waals surface area contributed by atoms with E-state index in [1.807, 2.05) is 0 Å². The minimum atomic E-state index is 0.734. The topological polar surface area (TPSA) is 0 Å². The number of thiol groups is 4. The van der Waals surface area contributed by atoms with Crippen LogP contribution in [0.25, 0.3) is 12.2 Å². The first kappa shape index (κ1) is 17.9. The second-order valence-electron chi connectivity index (χ2n) is 5.02. The van der Waals surface area contributed by atoms with E-state index >= 15 is 0 Å². The fourth-order valence-corrected chi connectivity index (χ4v) is 3.50. The molecule has 0 bridgehead atoms. The highest BCUT2D eigenvalue weighted by molar-refractivity contribution is 7.80. The maximum absolute atomic E-state index is 4.39. The van der Waals surface area contributed by atoms with E-state index in [4.69, 9.17) is 0 Å². The van der Waals surface area contributed by atoms with Crippen LogP contribution in [-0.2, 0) is 23.0 Å². The van der Waals surface area contributed by atoms with Gasteiger partial charge in [-0.3, -0.25) is 0 Å². The highest BCUT2D eigenvalue weighted by Gasteiger charge is 2.01. The highest BCUT2D eigenvalue weighted by atomic mass is 32.1. The Morgan fingerprint density at radius 2 is 0.909 bits per heavy atom. The Hall–Kier alpha value is -0.420. The van der Waals surface area contributed by atoms with Gasteiger partial charge < -0.3 is 0 Å². The molecule has 22 heavy (non-hydrogen) atoms. The lowest BCUT2D eigenvalue weighted by atomic mass is 10.0. The van der Waals surface area contributed by atoms with Gasteiger partial charge >= 0.3 is 0 Å². The summed E-state index contributed by atoms with van der Waals surface area (Å²) in [6, 6.07) is 12.9. The average Bonchev–Trinajstić information content (AvgIpc) is 2.59. The van der Waals surface area contributed by atoms with Crippen molar-refractivity contribution in [2.24, 2.45) is 0 Å². The molecule has 0 spiro atoms. The van der Waals surface area contributed by atoms with Crippen LogP contribution in [0.15, 0.2) is 36.4 Å². The molecular weight excluding hydrogens is 344 g/mol. The second-order valence-corrected chi connectivity index (χ2v) is 6.29.